The molecule has 1 rings (SSSR count). The smallest absolute Gasteiger partial charge is 0.0185 e. The van der Waals surface area contributed by atoms with Crippen LogP contribution in [0.5, 0.6) is 0 Å². The van der Waals surface area contributed by atoms with Crippen LogP contribution in [0.2, 0.25) is 0 Å². The van der Waals surface area contributed by atoms with E-state index in [0.717, 1.165) is 0 Å². The summed E-state index contributed by atoms with van der Waals surface area (Å²) in [5.41, 5.74) is 2.75. The number of hydrogen-bond acceptors (Lipinski definition) is 2. The zero-order chi connectivity index (χ0) is 8.27. The highest BCUT2D eigenvalue weighted by atomic mass is 33.1. The van der Waals surface area contributed by atoms with E-state index in [0.29, 0.717) is 0 Å². The van der Waals surface area contributed by atoms with E-state index < -0.39 is 0 Å². The molecule has 0 radical (unpaired) electrons. The van der Waals surface area contributed by atoms with Gasteiger partial charge in [0.2, 0.25) is 0 Å². The van der Waals surface area contributed by atoms with Crippen molar-refractivity contribution in [1.82, 2.24) is 0 Å². The third-order valence-electron chi connectivity index (χ3n) is 1.66. The maximum atomic E-state index is 2.23. The molecule has 0 spiro atoms. The first-order valence-corrected chi connectivity index (χ1v) is 6.08. The van der Waals surface area contributed by atoms with Gasteiger partial charge in [-0.2, -0.15) is 0 Å². The van der Waals surface area contributed by atoms with Gasteiger partial charge in [-0.05, 0) is 43.4 Å². The summed E-state index contributed by atoms with van der Waals surface area (Å²) >= 11 is 0. The minimum Gasteiger partial charge on any atom is -0.0924 e. The highest BCUT2D eigenvalue weighted by molar-refractivity contribution is 8.76. The van der Waals surface area contributed by atoms with Crippen LogP contribution in [-0.2, 0) is 0 Å². The molecule has 0 bridgehead atoms. The van der Waals surface area contributed by atoms with Crippen LogP contribution in [0.15, 0.2) is 23.1 Å². The second kappa shape index (κ2) is 4.07. The summed E-state index contributed by atoms with van der Waals surface area (Å²) in [5.74, 6) is 0. The highest BCUT2D eigenvalue weighted by Crippen LogP contribution is 2.29. The number of hydrogen-bond donors (Lipinski definition) is 0. The molecule has 1 aromatic rings. The van der Waals surface area contributed by atoms with Gasteiger partial charge in [0.05, 0.1) is 0 Å². The van der Waals surface area contributed by atoms with E-state index in [1.165, 1.54) is 16.0 Å². The minimum atomic E-state index is 1.35. The zero-order valence-electron chi connectivity index (χ0n) is 7.05. The Morgan fingerprint density at radius 1 is 1.09 bits per heavy atom. The van der Waals surface area contributed by atoms with Crippen molar-refractivity contribution in [3.8, 4) is 0 Å². The molecule has 0 aliphatic heterocycles. The molecule has 0 aliphatic rings. The van der Waals surface area contributed by atoms with Crippen molar-refractivity contribution in [1.29, 1.82) is 0 Å². The molecule has 0 fully saturated rings. The maximum Gasteiger partial charge on any atom is 0.0185 e. The Kier molecular flexibility index (Phi) is 3.34. The molecule has 0 saturated carbocycles. The van der Waals surface area contributed by atoms with Gasteiger partial charge in [-0.15, -0.1) is 0 Å². The van der Waals surface area contributed by atoms with Gasteiger partial charge in [0.25, 0.3) is 0 Å². The predicted octanol–water partition coefficient (Wildman–Crippen LogP) is 3.67. The normalized spacial score (nSPS) is 10.1. The van der Waals surface area contributed by atoms with Gasteiger partial charge in [0.15, 0.2) is 0 Å². The van der Waals surface area contributed by atoms with Crippen LogP contribution in [-0.4, -0.2) is 6.26 Å². The van der Waals surface area contributed by atoms with E-state index in [1.807, 2.05) is 10.8 Å². The molecular formula is C9H12S2. The van der Waals surface area contributed by atoms with Gasteiger partial charge in [0, 0.05) is 4.90 Å². The Labute approximate surface area is 76.2 Å². The van der Waals surface area contributed by atoms with Crippen LogP contribution in [0.4, 0.5) is 0 Å². The first-order valence-electron chi connectivity index (χ1n) is 3.52. The molecule has 0 aromatic heterocycles. The minimum absolute atomic E-state index is 1.35. The molecule has 0 heterocycles. The van der Waals surface area contributed by atoms with Gasteiger partial charge < -0.3 is 0 Å². The quantitative estimate of drug-likeness (QED) is 0.643. The Morgan fingerprint density at radius 2 is 1.82 bits per heavy atom. The van der Waals surface area contributed by atoms with E-state index in [4.69, 9.17) is 0 Å². The zero-order valence-corrected chi connectivity index (χ0v) is 8.68. The van der Waals surface area contributed by atoms with Crippen molar-refractivity contribution >= 4 is 21.6 Å². The fourth-order valence-corrected chi connectivity index (χ4v) is 2.29. The van der Waals surface area contributed by atoms with Crippen LogP contribution in [0.1, 0.15) is 11.1 Å². The summed E-state index contributed by atoms with van der Waals surface area (Å²) in [6.45, 7) is 4.29. The van der Waals surface area contributed by atoms with E-state index in [9.17, 15) is 0 Å². The Balaban J connectivity index is 2.86. The highest BCUT2D eigenvalue weighted by Gasteiger charge is 1.94. The molecule has 0 unspecified atom stereocenters. The van der Waals surface area contributed by atoms with Crippen molar-refractivity contribution < 1.29 is 0 Å². The Morgan fingerprint density at radius 3 is 2.36 bits per heavy atom. The summed E-state index contributed by atoms with van der Waals surface area (Å²) in [5, 5.41) is 0. The van der Waals surface area contributed by atoms with Crippen LogP contribution in [0.3, 0.4) is 0 Å². The van der Waals surface area contributed by atoms with Gasteiger partial charge in [0.1, 0.15) is 0 Å². The summed E-state index contributed by atoms with van der Waals surface area (Å²) in [7, 11) is 3.60. The standard InChI is InChI=1S/C9H12S2/c1-7-4-5-9(11-10-3)6-8(7)2/h4-6H,1-3H3. The third kappa shape index (κ3) is 2.46. The van der Waals surface area contributed by atoms with Crippen LogP contribution in [0, 0.1) is 13.8 Å². The molecule has 0 aliphatic carbocycles. The van der Waals surface area contributed by atoms with Crippen LogP contribution >= 0.6 is 21.6 Å². The number of rotatable bonds is 2. The lowest BCUT2D eigenvalue weighted by Crippen LogP contribution is -1.79. The molecule has 0 atom stereocenters. The average molecular weight is 184 g/mol. The van der Waals surface area contributed by atoms with E-state index in [2.05, 4.69) is 38.3 Å². The second-order valence-corrected chi connectivity index (χ2v) is 4.97. The molecule has 0 N–H and O–H groups in total. The lowest BCUT2D eigenvalue weighted by Gasteiger charge is -2.01. The molecule has 0 saturated heterocycles. The number of aryl methyl sites for hydroxylation is 2. The predicted molar refractivity (Wildman–Crippen MR) is 55.3 cm³/mol. The largest absolute Gasteiger partial charge is 0.0924 e. The van der Waals surface area contributed by atoms with Gasteiger partial charge in [-0.25, -0.2) is 0 Å². The lowest BCUT2D eigenvalue weighted by molar-refractivity contribution is 1.28. The maximum absolute atomic E-state index is 2.23. The second-order valence-electron chi connectivity index (χ2n) is 2.50. The molecule has 0 amide bonds. The molecule has 60 valence electrons. The topological polar surface area (TPSA) is 0 Å². The molecule has 11 heavy (non-hydrogen) atoms. The lowest BCUT2D eigenvalue weighted by atomic mass is 10.1. The summed E-state index contributed by atoms with van der Waals surface area (Å²) in [4.78, 5) is 1.35. The van der Waals surface area contributed by atoms with Gasteiger partial charge in [-0.3, -0.25) is 0 Å². The number of benzene rings is 1. The fraction of sp³-hybridized carbons (Fsp3) is 0.333. The van der Waals surface area contributed by atoms with E-state index in [-0.39, 0.29) is 0 Å². The van der Waals surface area contributed by atoms with Crippen LogP contribution in [0.25, 0.3) is 0 Å². The molecular weight excluding hydrogens is 172 g/mol. The monoisotopic (exact) mass is 184 g/mol. The van der Waals surface area contributed by atoms with Gasteiger partial charge in [-0.1, -0.05) is 27.7 Å². The Bertz CT molecular complexity index is 243. The first kappa shape index (κ1) is 9.01. The SMILES string of the molecule is CSSc1ccc(C)c(C)c1. The van der Waals surface area contributed by atoms with E-state index in [1.54, 1.807) is 10.8 Å². The summed E-state index contributed by atoms with van der Waals surface area (Å²) in [6, 6.07) is 6.58. The summed E-state index contributed by atoms with van der Waals surface area (Å²) in [6.07, 6.45) is 2.10. The average Bonchev–Trinajstić information content (AvgIpc) is 1.98. The molecule has 1 aromatic carbocycles. The Hall–Kier alpha value is -0.0800. The fourth-order valence-electron chi connectivity index (χ4n) is 0.862. The third-order valence-corrected chi connectivity index (χ3v) is 3.35. The first-order chi connectivity index (χ1) is 5.24. The van der Waals surface area contributed by atoms with Gasteiger partial charge >= 0.3 is 0 Å². The van der Waals surface area contributed by atoms with Crippen molar-refractivity contribution in [3.05, 3.63) is 29.3 Å². The molecule has 2 heteroatoms. The van der Waals surface area contributed by atoms with Crippen molar-refractivity contribution in [3.63, 3.8) is 0 Å². The van der Waals surface area contributed by atoms with E-state index >= 15 is 0 Å². The van der Waals surface area contributed by atoms with Crippen LogP contribution < -0.4 is 0 Å². The van der Waals surface area contributed by atoms with Crippen molar-refractivity contribution in [2.24, 2.45) is 0 Å². The molecule has 0 nitrogen and oxygen atoms in total. The van der Waals surface area contributed by atoms with Crippen molar-refractivity contribution in [2.75, 3.05) is 6.26 Å². The summed E-state index contributed by atoms with van der Waals surface area (Å²) < 4.78 is 0. The van der Waals surface area contributed by atoms with Crippen molar-refractivity contribution in [2.45, 2.75) is 18.7 Å².